The van der Waals surface area contributed by atoms with Crippen LogP contribution in [0.15, 0.2) is 18.2 Å². The summed E-state index contributed by atoms with van der Waals surface area (Å²) in [5, 5.41) is 7.55. The van der Waals surface area contributed by atoms with E-state index >= 15 is 0 Å². The SMILES string of the molecule is Cc1cc(Cl)c(C)c(-c2cc(N)n[nH]2)c1. The first kappa shape index (κ1) is 10.1. The normalized spacial score (nSPS) is 10.6. The Balaban J connectivity index is 2.62. The zero-order valence-electron chi connectivity index (χ0n) is 8.63. The Hall–Kier alpha value is -1.48. The van der Waals surface area contributed by atoms with E-state index in [4.69, 9.17) is 17.3 Å². The zero-order chi connectivity index (χ0) is 11.0. The van der Waals surface area contributed by atoms with E-state index in [1.165, 1.54) is 0 Å². The second kappa shape index (κ2) is 3.59. The number of hydrogen-bond donors (Lipinski definition) is 2. The van der Waals surface area contributed by atoms with E-state index in [1.807, 2.05) is 19.9 Å². The molecule has 3 N–H and O–H groups in total. The van der Waals surface area contributed by atoms with Gasteiger partial charge in [-0.25, -0.2) is 0 Å². The lowest BCUT2D eigenvalue weighted by molar-refractivity contribution is 1.10. The van der Waals surface area contributed by atoms with Crippen molar-refractivity contribution in [2.24, 2.45) is 0 Å². The highest BCUT2D eigenvalue weighted by Crippen LogP contribution is 2.29. The molecule has 3 nitrogen and oxygen atoms in total. The van der Waals surface area contributed by atoms with Crippen LogP contribution in [0.25, 0.3) is 11.3 Å². The van der Waals surface area contributed by atoms with Crippen LogP contribution < -0.4 is 5.73 Å². The Kier molecular flexibility index (Phi) is 2.40. The fourth-order valence-electron chi connectivity index (χ4n) is 1.57. The molecule has 0 aliphatic heterocycles. The molecule has 0 amide bonds. The fraction of sp³-hybridized carbons (Fsp3) is 0.182. The average Bonchev–Trinajstić information content (AvgIpc) is 2.58. The van der Waals surface area contributed by atoms with Gasteiger partial charge in [0.2, 0.25) is 0 Å². The number of H-pyrrole nitrogens is 1. The van der Waals surface area contributed by atoms with Gasteiger partial charge in [-0.3, -0.25) is 5.10 Å². The standard InChI is InChI=1S/C11H12ClN3/c1-6-3-8(7(2)9(12)4-6)10-5-11(13)15-14-10/h3-5H,1-2H3,(H3,13,14,15). The molecule has 0 saturated carbocycles. The van der Waals surface area contributed by atoms with Gasteiger partial charge in [0.15, 0.2) is 0 Å². The van der Waals surface area contributed by atoms with E-state index < -0.39 is 0 Å². The van der Waals surface area contributed by atoms with Gasteiger partial charge in [-0.2, -0.15) is 5.10 Å². The van der Waals surface area contributed by atoms with Crippen molar-refractivity contribution in [3.05, 3.63) is 34.3 Å². The number of nitrogens with one attached hydrogen (secondary N) is 1. The van der Waals surface area contributed by atoms with Crippen molar-refractivity contribution in [3.63, 3.8) is 0 Å². The first-order valence-electron chi connectivity index (χ1n) is 4.66. The number of anilines is 1. The van der Waals surface area contributed by atoms with Gasteiger partial charge in [-0.15, -0.1) is 0 Å². The second-order valence-corrected chi connectivity index (χ2v) is 4.03. The van der Waals surface area contributed by atoms with Gasteiger partial charge >= 0.3 is 0 Å². The van der Waals surface area contributed by atoms with Crippen LogP contribution >= 0.6 is 11.6 Å². The van der Waals surface area contributed by atoms with E-state index in [0.717, 1.165) is 27.4 Å². The number of aromatic amines is 1. The highest BCUT2D eigenvalue weighted by molar-refractivity contribution is 6.31. The molecule has 0 aliphatic carbocycles. The lowest BCUT2D eigenvalue weighted by atomic mass is 10.0. The van der Waals surface area contributed by atoms with Crippen molar-refractivity contribution in [2.75, 3.05) is 5.73 Å². The summed E-state index contributed by atoms with van der Waals surface area (Å²) >= 11 is 6.11. The smallest absolute Gasteiger partial charge is 0.145 e. The molecule has 0 spiro atoms. The van der Waals surface area contributed by atoms with E-state index in [-0.39, 0.29) is 0 Å². The van der Waals surface area contributed by atoms with E-state index in [0.29, 0.717) is 5.82 Å². The molecule has 2 aromatic rings. The predicted octanol–water partition coefficient (Wildman–Crippen LogP) is 2.93. The lowest BCUT2D eigenvalue weighted by Gasteiger charge is -2.06. The van der Waals surface area contributed by atoms with Gasteiger partial charge in [-0.1, -0.05) is 11.6 Å². The Morgan fingerprint density at radius 1 is 1.27 bits per heavy atom. The molecule has 0 fully saturated rings. The monoisotopic (exact) mass is 221 g/mol. The van der Waals surface area contributed by atoms with Crippen LogP contribution in [0.5, 0.6) is 0 Å². The molecule has 1 heterocycles. The van der Waals surface area contributed by atoms with Crippen LogP contribution in [0.3, 0.4) is 0 Å². The number of hydrogen-bond acceptors (Lipinski definition) is 2. The summed E-state index contributed by atoms with van der Waals surface area (Å²) in [4.78, 5) is 0. The maximum atomic E-state index is 6.11. The molecule has 78 valence electrons. The number of nitrogens with two attached hydrogens (primary N) is 1. The van der Waals surface area contributed by atoms with Crippen molar-refractivity contribution in [1.29, 1.82) is 0 Å². The van der Waals surface area contributed by atoms with E-state index in [9.17, 15) is 0 Å². The quantitative estimate of drug-likeness (QED) is 0.778. The number of aryl methyl sites for hydroxylation is 1. The molecule has 0 saturated heterocycles. The van der Waals surface area contributed by atoms with E-state index in [2.05, 4.69) is 16.3 Å². The molecule has 0 bridgehead atoms. The summed E-state index contributed by atoms with van der Waals surface area (Å²) in [6.07, 6.45) is 0. The summed E-state index contributed by atoms with van der Waals surface area (Å²) in [7, 11) is 0. The maximum absolute atomic E-state index is 6.11. The Morgan fingerprint density at radius 2 is 2.00 bits per heavy atom. The topological polar surface area (TPSA) is 54.7 Å². The molecule has 0 aliphatic rings. The number of halogens is 1. The molecule has 4 heteroatoms. The van der Waals surface area contributed by atoms with Gasteiger partial charge in [0.05, 0.1) is 5.69 Å². The fourth-order valence-corrected chi connectivity index (χ4v) is 1.84. The largest absolute Gasteiger partial charge is 0.382 e. The Bertz CT molecular complexity index is 503. The summed E-state index contributed by atoms with van der Waals surface area (Å²) in [6, 6.07) is 5.81. The molecule has 0 unspecified atom stereocenters. The van der Waals surface area contributed by atoms with Crippen molar-refractivity contribution in [2.45, 2.75) is 13.8 Å². The van der Waals surface area contributed by atoms with Crippen molar-refractivity contribution < 1.29 is 0 Å². The molecule has 0 atom stereocenters. The van der Waals surface area contributed by atoms with Crippen LogP contribution in [0.2, 0.25) is 5.02 Å². The molecule has 2 rings (SSSR count). The average molecular weight is 222 g/mol. The summed E-state index contributed by atoms with van der Waals surface area (Å²) < 4.78 is 0. The first-order valence-corrected chi connectivity index (χ1v) is 5.03. The number of benzene rings is 1. The van der Waals surface area contributed by atoms with Crippen LogP contribution in [-0.2, 0) is 0 Å². The zero-order valence-corrected chi connectivity index (χ0v) is 9.39. The molecule has 15 heavy (non-hydrogen) atoms. The van der Waals surface area contributed by atoms with Crippen molar-refractivity contribution in [3.8, 4) is 11.3 Å². The third-order valence-corrected chi connectivity index (χ3v) is 2.77. The molecule has 0 radical (unpaired) electrons. The lowest BCUT2D eigenvalue weighted by Crippen LogP contribution is -1.87. The van der Waals surface area contributed by atoms with Crippen LogP contribution in [-0.4, -0.2) is 10.2 Å². The van der Waals surface area contributed by atoms with Gasteiger partial charge in [-0.05, 0) is 37.1 Å². The van der Waals surface area contributed by atoms with Gasteiger partial charge in [0, 0.05) is 16.7 Å². The number of nitrogens with zero attached hydrogens (tertiary/aromatic N) is 1. The summed E-state index contributed by atoms with van der Waals surface area (Å²) in [6.45, 7) is 3.99. The Morgan fingerprint density at radius 3 is 2.60 bits per heavy atom. The van der Waals surface area contributed by atoms with Gasteiger partial charge in [0.25, 0.3) is 0 Å². The third-order valence-electron chi connectivity index (χ3n) is 2.38. The molecular weight excluding hydrogens is 210 g/mol. The first-order chi connectivity index (χ1) is 7.08. The Labute approximate surface area is 93.3 Å². The highest BCUT2D eigenvalue weighted by Gasteiger charge is 2.08. The summed E-state index contributed by atoms with van der Waals surface area (Å²) in [5.74, 6) is 0.488. The second-order valence-electron chi connectivity index (χ2n) is 3.63. The predicted molar refractivity (Wildman–Crippen MR) is 62.9 cm³/mol. The van der Waals surface area contributed by atoms with Crippen LogP contribution in [0.1, 0.15) is 11.1 Å². The molecule has 1 aromatic heterocycles. The minimum atomic E-state index is 0.488. The van der Waals surface area contributed by atoms with Crippen molar-refractivity contribution >= 4 is 17.4 Å². The number of aromatic nitrogens is 2. The molecular formula is C11H12ClN3. The van der Waals surface area contributed by atoms with Gasteiger partial charge in [0.1, 0.15) is 5.82 Å². The number of rotatable bonds is 1. The number of nitrogen functional groups attached to an aromatic ring is 1. The van der Waals surface area contributed by atoms with E-state index in [1.54, 1.807) is 6.07 Å². The summed E-state index contributed by atoms with van der Waals surface area (Å²) in [5.41, 5.74) is 9.66. The minimum absolute atomic E-state index is 0.488. The minimum Gasteiger partial charge on any atom is -0.382 e. The maximum Gasteiger partial charge on any atom is 0.145 e. The third kappa shape index (κ3) is 1.83. The van der Waals surface area contributed by atoms with Crippen LogP contribution in [0.4, 0.5) is 5.82 Å². The molecule has 1 aromatic carbocycles. The highest BCUT2D eigenvalue weighted by atomic mass is 35.5. The van der Waals surface area contributed by atoms with Gasteiger partial charge < -0.3 is 5.73 Å². The van der Waals surface area contributed by atoms with Crippen LogP contribution in [0, 0.1) is 13.8 Å². The van der Waals surface area contributed by atoms with Crippen molar-refractivity contribution in [1.82, 2.24) is 10.2 Å².